The summed E-state index contributed by atoms with van der Waals surface area (Å²) in [5, 5.41) is 39.4. The van der Waals surface area contributed by atoms with E-state index in [1.807, 2.05) is 0 Å². The number of carbonyl (C=O) groups excluding carboxylic acids is 12. The number of esters is 2. The standard InChI is InChI=1S/C62H86N12O16.C10H12FN5O4/c1-27(2)42-59(84)73-23-17-19-36(73)57(82)69(13)25-38(75)71(15)48(29(5)6)61(86)88-33(11)44(55(80)65-42)67-53(78)35-22-21-31(9)51-46(35)64-47-40(41(63)50(77)32(10)52(47)90-51)54(79)68-45-34(12)89-62(87)49(30(7)8)72(16)39(76)26-70(14)58(83)37-20-18-24-74(37)60(85)43(28(3)4)66-56(45)81;11-10-14-7(12)4-8(15-10)16(2-13-4)9-6(19)5(18)3(1-17)20-9/h21-22,27-30,33-34,36-37,42-45,48-49H,17-20,23-26,63H2,1-16H3,(H,65,80)(H,66,81)(H,67,78)(H,68,79);2-3,5-6,9,17-19H,1H2,(H2,12,14,15)/t33-,34-,36+,37+,42-,43-,44+,45+,48+,49+;3-,5-,6+,9-/m11/s1. The minimum absolute atomic E-state index is 0.0323. The molecular formula is C72H98FN17O20. The minimum atomic E-state index is -1.88. The number of aliphatic hydroxyl groups excluding tert-OH is 3. The van der Waals surface area contributed by atoms with Gasteiger partial charge in [0.2, 0.25) is 52.7 Å². The van der Waals surface area contributed by atoms with Gasteiger partial charge < -0.3 is 96.1 Å². The first kappa shape index (κ1) is 83.4. The fourth-order valence-corrected chi connectivity index (χ4v) is 14.5. The van der Waals surface area contributed by atoms with Crippen LogP contribution in [0.25, 0.3) is 33.7 Å². The number of nitrogens with one attached hydrogen (secondary N) is 4. The molecule has 0 saturated carbocycles. The molecule has 11 N–H and O–H groups in total. The summed E-state index contributed by atoms with van der Waals surface area (Å²) in [7, 11) is 5.59. The van der Waals surface area contributed by atoms with Crippen molar-refractivity contribution in [1.82, 2.24) is 75.2 Å². The number of fused-ring (bicyclic) bond motifs is 5. The third kappa shape index (κ3) is 16.6. The quantitative estimate of drug-likeness (QED) is 0.0346. The Balaban J connectivity index is 0.000000595. The number of anilines is 2. The Labute approximate surface area is 631 Å². The molecule has 10 rings (SSSR count). The van der Waals surface area contributed by atoms with Gasteiger partial charge in [0.25, 0.3) is 11.8 Å². The Bertz CT molecular complexity index is 4470. The van der Waals surface area contributed by atoms with Crippen LogP contribution in [-0.4, -0.2) is 280 Å². The highest BCUT2D eigenvalue weighted by Crippen LogP contribution is 2.37. The number of nitrogen functional groups attached to an aromatic ring is 2. The van der Waals surface area contributed by atoms with Gasteiger partial charge in [0.1, 0.15) is 90.1 Å². The Morgan fingerprint density at radius 2 is 1.14 bits per heavy atom. The van der Waals surface area contributed by atoms with Crippen molar-refractivity contribution in [1.29, 1.82) is 0 Å². The number of aromatic nitrogens is 5. The summed E-state index contributed by atoms with van der Waals surface area (Å²) >= 11 is 0. The predicted octanol–water partition coefficient (Wildman–Crippen LogP) is -1.12. The second-order valence-electron chi connectivity index (χ2n) is 30.0. The fraction of sp³-hybridized carbons (Fsp3) is 0.597. The number of imidazole rings is 1. The van der Waals surface area contributed by atoms with E-state index in [0.29, 0.717) is 18.4 Å². The Morgan fingerprint density at radius 1 is 0.655 bits per heavy atom. The number of carbonyl (C=O) groups is 12. The van der Waals surface area contributed by atoms with Crippen molar-refractivity contribution < 1.29 is 95.9 Å². The lowest BCUT2D eigenvalue weighted by Gasteiger charge is -2.36. The minimum Gasteiger partial charge on any atom is -0.458 e. The van der Waals surface area contributed by atoms with E-state index < -0.39 is 228 Å². The highest BCUT2D eigenvalue weighted by atomic mass is 19.1. The highest BCUT2D eigenvalue weighted by molar-refractivity contribution is 6.10. The summed E-state index contributed by atoms with van der Waals surface area (Å²) in [6.45, 7) is 17.9. The zero-order chi connectivity index (χ0) is 81.4. The number of aliphatic hydroxyl groups is 3. The van der Waals surface area contributed by atoms with Crippen molar-refractivity contribution in [2.45, 2.75) is 194 Å². The van der Waals surface area contributed by atoms with Gasteiger partial charge in [-0.05, 0) is 88.7 Å². The zero-order valence-corrected chi connectivity index (χ0v) is 64.2. The topological polar surface area (TPSA) is 500 Å². The summed E-state index contributed by atoms with van der Waals surface area (Å²) in [6.07, 6.45) is -6.03. The number of nitrogens with two attached hydrogens (primary N) is 2. The van der Waals surface area contributed by atoms with E-state index in [1.165, 1.54) is 91.6 Å². The van der Waals surface area contributed by atoms with Crippen LogP contribution >= 0.6 is 0 Å². The number of ether oxygens (including phenoxy) is 3. The fourth-order valence-electron chi connectivity index (χ4n) is 14.5. The largest absolute Gasteiger partial charge is 0.458 e. The number of amides is 10. The van der Waals surface area contributed by atoms with E-state index in [2.05, 4.69) is 36.2 Å². The van der Waals surface area contributed by atoms with Gasteiger partial charge in [0, 0.05) is 46.8 Å². The van der Waals surface area contributed by atoms with Gasteiger partial charge in [-0.3, -0.25) is 57.3 Å². The van der Waals surface area contributed by atoms with Crippen LogP contribution in [-0.2, 0) is 62.2 Å². The number of hydrogen-bond donors (Lipinski definition) is 9. The highest BCUT2D eigenvalue weighted by Gasteiger charge is 2.48. The second kappa shape index (κ2) is 33.7. The Hall–Kier alpha value is -10.6. The smallest absolute Gasteiger partial charge is 0.329 e. The molecule has 14 atom stereocenters. The Kier molecular flexibility index (Phi) is 25.6. The summed E-state index contributed by atoms with van der Waals surface area (Å²) in [4.78, 5) is 210. The van der Waals surface area contributed by atoms with E-state index in [-0.39, 0.29) is 70.9 Å². The number of benzene rings is 2. The van der Waals surface area contributed by atoms with Crippen molar-refractivity contribution in [3.05, 3.63) is 57.0 Å². The first-order valence-electron chi connectivity index (χ1n) is 36.3. The lowest BCUT2D eigenvalue weighted by atomic mass is 9.98. The maximum absolute atomic E-state index is 15.2. The summed E-state index contributed by atoms with van der Waals surface area (Å²) in [6, 6.07) is -7.90. The maximum atomic E-state index is 15.2. The summed E-state index contributed by atoms with van der Waals surface area (Å²) in [5.41, 5.74) is 9.28. The molecule has 1 aromatic carbocycles. The average Bonchev–Trinajstić information content (AvgIpc) is 1.04. The molecule has 598 valence electrons. The first-order valence-corrected chi connectivity index (χ1v) is 36.3. The van der Waals surface area contributed by atoms with Crippen LogP contribution in [0.5, 0.6) is 0 Å². The predicted molar refractivity (Wildman–Crippen MR) is 388 cm³/mol. The van der Waals surface area contributed by atoms with Crippen LogP contribution < -0.4 is 38.2 Å². The molecule has 7 aliphatic rings. The lowest BCUT2D eigenvalue weighted by molar-refractivity contribution is -0.163. The van der Waals surface area contributed by atoms with Crippen LogP contribution in [0.3, 0.4) is 0 Å². The summed E-state index contributed by atoms with van der Waals surface area (Å²) in [5.74, 6) is -12.5. The molecule has 0 radical (unpaired) electrons. The first-order chi connectivity index (χ1) is 51.6. The molecule has 2 aromatic heterocycles. The van der Waals surface area contributed by atoms with Crippen LogP contribution in [0.15, 0.2) is 27.7 Å². The normalized spacial score (nSPS) is 26.9. The average molecular weight is 1540 g/mol. The van der Waals surface area contributed by atoms with Gasteiger partial charge in [-0.15, -0.1) is 0 Å². The zero-order valence-electron chi connectivity index (χ0n) is 64.2. The molecule has 37 nitrogen and oxygen atoms in total. The third-order valence-corrected chi connectivity index (χ3v) is 20.7. The van der Waals surface area contributed by atoms with Crippen molar-refractivity contribution in [3.63, 3.8) is 0 Å². The SMILES string of the molecule is Cc1c2oc3c(C)ccc(C(=O)N[C@@H]4C(=O)N[C@H](C(C)C)C(=O)N5CCC[C@H]5C(=O)N(C)CC(=O)N(C)[C@@H](C(C)C)C(=O)O[C@@H]4C)c3nc-2c(C(=O)N[C@@H]2C(=O)N[C@H](C(C)C)C(=O)N3CCC[C@H]3C(=O)N(C)CC(=O)N(C)[C@@H](C(C)C)C(=O)O[C@@H]2C)c(N)c1=O.Nc1nc(F)nc2c1ncn2[C@@H]1O[C@H](CO)[C@@H](O)[C@@H]1O. The van der Waals surface area contributed by atoms with Crippen molar-refractivity contribution >= 4 is 105 Å². The molecule has 8 heterocycles. The molecule has 5 fully saturated rings. The van der Waals surface area contributed by atoms with Gasteiger partial charge in [0.05, 0.1) is 42.8 Å². The monoisotopic (exact) mass is 1540 g/mol. The van der Waals surface area contributed by atoms with Crippen LogP contribution in [0, 0.1) is 43.6 Å². The number of hydrogen-bond acceptors (Lipinski definition) is 26. The molecule has 110 heavy (non-hydrogen) atoms. The maximum Gasteiger partial charge on any atom is 0.329 e. The molecule has 0 spiro atoms. The van der Waals surface area contributed by atoms with Gasteiger partial charge in [-0.25, -0.2) is 19.6 Å². The number of halogens is 1. The molecule has 0 bridgehead atoms. The molecular weight excluding hydrogens is 1440 g/mol. The molecule has 6 aliphatic heterocycles. The molecule has 3 aromatic rings. The van der Waals surface area contributed by atoms with Gasteiger partial charge in [-0.2, -0.15) is 14.4 Å². The summed E-state index contributed by atoms with van der Waals surface area (Å²) < 4.78 is 38.1. The van der Waals surface area contributed by atoms with E-state index in [9.17, 15) is 67.3 Å². The lowest BCUT2D eigenvalue weighted by Crippen LogP contribution is -2.61. The number of cyclic esters (lactones) is 2. The number of likely N-dealkylation sites (N-methyl/N-ethyl adjacent to an activating group) is 4. The second-order valence-corrected chi connectivity index (χ2v) is 30.0. The third-order valence-electron chi connectivity index (χ3n) is 20.7. The van der Waals surface area contributed by atoms with E-state index >= 15 is 9.59 Å². The van der Waals surface area contributed by atoms with E-state index in [0.717, 1.165) is 9.80 Å². The van der Waals surface area contributed by atoms with Gasteiger partial charge in [0.15, 0.2) is 34.6 Å². The van der Waals surface area contributed by atoms with Crippen LogP contribution in [0.2, 0.25) is 0 Å². The Morgan fingerprint density at radius 3 is 1.59 bits per heavy atom. The molecule has 5 saturated heterocycles. The van der Waals surface area contributed by atoms with E-state index in [4.69, 9.17) is 40.2 Å². The number of aryl methyl sites for hydroxylation is 1. The van der Waals surface area contributed by atoms with Gasteiger partial charge in [-0.1, -0.05) is 61.5 Å². The van der Waals surface area contributed by atoms with Crippen molar-refractivity contribution in [2.75, 3.05) is 72.4 Å². The van der Waals surface area contributed by atoms with Crippen LogP contribution in [0.4, 0.5) is 15.9 Å². The number of nitrogens with zero attached hydrogens (tertiary/aromatic N) is 11. The number of rotatable bonds is 10. The molecule has 0 unspecified atom stereocenters. The van der Waals surface area contributed by atoms with Gasteiger partial charge >= 0.3 is 18.0 Å². The molecule has 10 amide bonds. The van der Waals surface area contributed by atoms with Crippen molar-refractivity contribution in [3.8, 4) is 11.5 Å². The molecule has 1 aliphatic carbocycles. The molecule has 38 heteroatoms. The van der Waals surface area contributed by atoms with E-state index in [1.54, 1.807) is 62.3 Å². The van der Waals surface area contributed by atoms with Crippen molar-refractivity contribution in [2.24, 2.45) is 23.7 Å². The van der Waals surface area contributed by atoms with Crippen LogP contribution in [0.1, 0.15) is 133 Å².